The minimum Gasteiger partial charge on any atom is -0.420 e. The lowest BCUT2D eigenvalue weighted by Crippen LogP contribution is -2.47. The molecular weight excluding hydrogens is 1070 g/mol. The molecule has 7 N–H and O–H groups in total. The maximum absolute atomic E-state index is 11.7. The summed E-state index contributed by atoms with van der Waals surface area (Å²) in [5.74, 6) is 7.35. The van der Waals surface area contributed by atoms with Gasteiger partial charge in [-0.1, -0.05) is 203 Å². The number of hydrazine groups is 2. The molecule has 6 aromatic carbocycles. The van der Waals surface area contributed by atoms with E-state index in [2.05, 4.69) is 135 Å². The molecule has 16 heteroatoms. The Hall–Kier alpha value is -8.27. The number of nitrogens with one attached hydrogen (secondary N) is 3. The summed E-state index contributed by atoms with van der Waals surface area (Å²) in [6, 6.07) is 50.2. The highest BCUT2D eigenvalue weighted by Gasteiger charge is 2.30. The summed E-state index contributed by atoms with van der Waals surface area (Å²) in [7, 11) is 0. The number of halogens is 1. The molecule has 0 spiro atoms. The summed E-state index contributed by atoms with van der Waals surface area (Å²) >= 11 is 5.23. The third-order valence-electron chi connectivity index (χ3n) is 14.5. The fourth-order valence-corrected chi connectivity index (χ4v) is 7.16. The monoisotopic (exact) mass is 1160 g/mol. The maximum Gasteiger partial charge on any atom is 0.269 e. The molecule has 0 saturated heterocycles. The van der Waals surface area contributed by atoms with Gasteiger partial charge in [0.05, 0.1) is 5.69 Å². The smallest absolute Gasteiger partial charge is 0.269 e. The van der Waals surface area contributed by atoms with Gasteiger partial charge in [0.25, 0.3) is 11.8 Å². The lowest BCUT2D eigenvalue weighted by atomic mass is 9.89. The summed E-state index contributed by atoms with van der Waals surface area (Å²) in [5, 5.41) is 17.1. The molecule has 3 amide bonds. The number of hydrogen-bond donors (Lipinski definition) is 5. The van der Waals surface area contributed by atoms with E-state index in [9.17, 15) is 19.2 Å². The van der Waals surface area contributed by atoms with Gasteiger partial charge >= 0.3 is 0 Å². The first-order valence-corrected chi connectivity index (χ1v) is 28.7. The first kappa shape index (κ1) is 70.0. The highest BCUT2D eigenvalue weighted by Crippen LogP contribution is 2.33. The quantitative estimate of drug-likeness (QED) is 0.0240. The molecule has 0 aliphatic heterocycles. The second-order valence-electron chi connectivity index (χ2n) is 22.8. The van der Waals surface area contributed by atoms with Crippen molar-refractivity contribution >= 4 is 40.3 Å². The van der Waals surface area contributed by atoms with Crippen LogP contribution in [0.3, 0.4) is 0 Å². The van der Waals surface area contributed by atoms with Crippen LogP contribution in [0.2, 0.25) is 0 Å². The van der Waals surface area contributed by atoms with Crippen molar-refractivity contribution in [1.29, 1.82) is 0 Å². The number of nitrogens with two attached hydrogens (primary N) is 2. The fourth-order valence-electron chi connectivity index (χ4n) is 7.03. The average molecular weight is 1160 g/mol. The van der Waals surface area contributed by atoms with Crippen LogP contribution in [-0.4, -0.2) is 47.9 Å². The number of aryl methyl sites for hydroxylation is 4. The highest BCUT2D eigenvalue weighted by atomic mass is 35.5. The van der Waals surface area contributed by atoms with Crippen LogP contribution in [0.25, 0.3) is 28.5 Å². The van der Waals surface area contributed by atoms with E-state index in [1.165, 1.54) is 16.7 Å². The number of amides is 3. The lowest BCUT2D eigenvalue weighted by Gasteiger charge is -2.24. The number of nitrogen functional groups attached to an aromatic ring is 2. The van der Waals surface area contributed by atoms with Gasteiger partial charge in [0.1, 0.15) is 5.82 Å². The summed E-state index contributed by atoms with van der Waals surface area (Å²) in [6.07, 6.45) is 3.49. The summed E-state index contributed by atoms with van der Waals surface area (Å²) in [5.41, 5.74) is 21.7. The van der Waals surface area contributed by atoms with Crippen molar-refractivity contribution < 1.29 is 23.6 Å². The summed E-state index contributed by atoms with van der Waals surface area (Å²) in [4.78, 5) is 44.6. The highest BCUT2D eigenvalue weighted by molar-refractivity contribution is 6.64. The zero-order chi connectivity index (χ0) is 62.8. The normalized spacial score (nSPS) is 10.9. The van der Waals surface area contributed by atoms with E-state index in [0.717, 1.165) is 59.0 Å². The first-order chi connectivity index (χ1) is 39.6. The molecule has 0 fully saturated rings. The Morgan fingerprint density at radius 3 is 1.42 bits per heavy atom. The molecule has 2 heterocycles. The van der Waals surface area contributed by atoms with E-state index in [1.807, 2.05) is 127 Å². The van der Waals surface area contributed by atoms with E-state index in [1.54, 1.807) is 48.5 Å². The van der Waals surface area contributed by atoms with Gasteiger partial charge in [-0.25, -0.2) is 5.84 Å². The molecule has 84 heavy (non-hydrogen) atoms. The molecule has 0 atom stereocenters. The molecule has 8 rings (SSSR count). The van der Waals surface area contributed by atoms with Gasteiger partial charge < -0.3 is 10.2 Å². The lowest BCUT2D eigenvalue weighted by molar-refractivity contribution is -0.130. The molecule has 0 saturated carbocycles. The zero-order valence-corrected chi connectivity index (χ0v) is 52.9. The predicted molar refractivity (Wildman–Crippen MR) is 342 cm³/mol. The van der Waals surface area contributed by atoms with Crippen molar-refractivity contribution in [2.24, 2.45) is 16.7 Å². The van der Waals surface area contributed by atoms with Crippen LogP contribution in [-0.2, 0) is 20.4 Å². The van der Waals surface area contributed by atoms with E-state index >= 15 is 0 Å². The number of aromatic nitrogens is 5. The van der Waals surface area contributed by atoms with E-state index in [-0.39, 0.29) is 39.2 Å². The average Bonchev–Trinajstić information content (AvgIpc) is 2.72. The third kappa shape index (κ3) is 21.5. The second-order valence-corrected chi connectivity index (χ2v) is 23.2. The van der Waals surface area contributed by atoms with E-state index in [4.69, 9.17) is 27.6 Å². The molecule has 8 aromatic rings. The number of benzene rings is 6. The van der Waals surface area contributed by atoms with Gasteiger partial charge in [0, 0.05) is 49.6 Å². The van der Waals surface area contributed by atoms with Crippen LogP contribution in [0.4, 0.5) is 5.69 Å². The molecule has 2 aromatic heterocycles. The van der Waals surface area contributed by atoms with Crippen molar-refractivity contribution in [2.45, 2.75) is 147 Å². The third-order valence-corrected chi connectivity index (χ3v) is 15.0. The number of anilines is 1. The van der Waals surface area contributed by atoms with Gasteiger partial charge in [-0.2, -0.15) is 0 Å². The number of hydrogen-bond acceptors (Lipinski definition) is 11. The summed E-state index contributed by atoms with van der Waals surface area (Å²) < 4.78 is 7.93. The Balaban J connectivity index is 0.000000276. The zero-order valence-electron chi connectivity index (χ0n) is 52.1. The van der Waals surface area contributed by atoms with Crippen molar-refractivity contribution in [3.8, 4) is 28.5 Å². The Bertz CT molecular complexity index is 3300. The van der Waals surface area contributed by atoms with Crippen LogP contribution in [0.1, 0.15) is 163 Å². The number of carbonyl (C=O) groups excluding carboxylic acids is 4. The van der Waals surface area contributed by atoms with Crippen LogP contribution in [0.15, 0.2) is 162 Å². The molecule has 0 aliphatic rings. The maximum atomic E-state index is 11.7. The fraction of sp³-hybridized carbons (Fsp3) is 0.353. The van der Waals surface area contributed by atoms with Crippen molar-refractivity contribution in [2.75, 3.05) is 5.73 Å². The SMILES string of the molecule is CCC(C)(C)C(=O)Cl.CCC(C)(C)C(=O)NNC(=O)c1ccccc1.CCC(C)(C)c1nnc(-c2ccccc2)n1-c1ccc(C)cc1C.CCC(C)(C)c1nnc(-c2ccccc2)o1.Cc1ccc(N)c(C)c1.NNC(=O)c1ccccc1. The molecule has 15 nitrogen and oxygen atoms in total. The van der Waals surface area contributed by atoms with Gasteiger partial charge in [0.2, 0.25) is 22.9 Å². The number of rotatable bonds is 13. The molecule has 0 aliphatic carbocycles. The largest absolute Gasteiger partial charge is 0.420 e. The first-order valence-electron chi connectivity index (χ1n) is 28.3. The Morgan fingerprint density at radius 1 is 0.524 bits per heavy atom. The van der Waals surface area contributed by atoms with Crippen LogP contribution < -0.4 is 27.9 Å². The molecule has 448 valence electrons. The topological polar surface area (TPSA) is 226 Å². The van der Waals surface area contributed by atoms with Crippen LogP contribution in [0.5, 0.6) is 0 Å². The minimum atomic E-state index is -0.482. The van der Waals surface area contributed by atoms with Gasteiger partial charge in [-0.3, -0.25) is 40.0 Å². The Labute approximate surface area is 503 Å². The van der Waals surface area contributed by atoms with Crippen molar-refractivity contribution in [3.05, 3.63) is 203 Å². The Kier molecular flexibility index (Phi) is 27.6. The minimum absolute atomic E-state index is 0.0443. The summed E-state index contributed by atoms with van der Waals surface area (Å²) in [6.45, 7) is 32.5. The number of carbonyl (C=O) groups is 4. The van der Waals surface area contributed by atoms with Crippen molar-refractivity contribution in [3.63, 3.8) is 0 Å². The van der Waals surface area contributed by atoms with Crippen LogP contribution in [0, 0.1) is 38.5 Å². The molecule has 0 radical (unpaired) electrons. The van der Waals surface area contributed by atoms with E-state index < -0.39 is 5.41 Å². The van der Waals surface area contributed by atoms with Gasteiger partial charge in [-0.15, -0.1) is 20.4 Å². The molecular formula is C68H89ClN10O5. The standard InChI is InChI=1S/C21H25N3.C13H18N2O2.C13H16N2O.C8H11N.C7H8N2O.C6H11ClO/c1-6-21(4,5)20-23-22-19(17-10-8-7-9-11-17)24(20)18-13-12-15(2)14-16(18)3;1-4-13(2,3)12(17)15-14-11(16)10-8-6-5-7-9-10;1-4-13(2,3)12-15-14-11(16-12)10-8-6-5-7-9-10;1-6-3-4-8(9)7(2)5-6;8-9-7(10)6-4-2-1-3-5-6;1-4-6(2,3)5(7)8/h7-14H,6H2,1-5H3;5-9H,4H2,1-3H3,(H,14,16)(H,15,17);5-9H,4H2,1-3H3;3-5H,9H2,1-2H3;1-5H,8H2,(H,9,10);4H2,1-3H3. The van der Waals surface area contributed by atoms with Crippen LogP contribution >= 0.6 is 11.6 Å². The van der Waals surface area contributed by atoms with Gasteiger partial charge in [0.15, 0.2) is 5.82 Å². The van der Waals surface area contributed by atoms with Gasteiger partial charge in [-0.05, 0) is 125 Å². The van der Waals surface area contributed by atoms with Crippen molar-refractivity contribution in [1.82, 2.24) is 41.2 Å². The Morgan fingerprint density at radius 2 is 0.988 bits per heavy atom. The van der Waals surface area contributed by atoms with E-state index in [0.29, 0.717) is 29.3 Å². The molecule has 0 unspecified atom stereocenters. The second kappa shape index (κ2) is 33.1. The predicted octanol–water partition coefficient (Wildman–Crippen LogP) is 14.9. The number of nitrogens with zero attached hydrogens (tertiary/aromatic N) is 5. The molecule has 0 bridgehead atoms.